The predicted octanol–water partition coefficient (Wildman–Crippen LogP) is 5.61. The van der Waals surface area contributed by atoms with Gasteiger partial charge in [0.2, 0.25) is 5.01 Å². The van der Waals surface area contributed by atoms with Crippen molar-refractivity contribution in [3.8, 4) is 0 Å². The van der Waals surface area contributed by atoms with Gasteiger partial charge in [0.15, 0.2) is 0 Å². The van der Waals surface area contributed by atoms with Crippen LogP contribution in [0, 0.1) is 0 Å². The summed E-state index contributed by atoms with van der Waals surface area (Å²) in [6, 6.07) is 20.1. The number of carbonyl (C=O) groups is 1. The number of hydrogen-bond acceptors (Lipinski definition) is 5. The van der Waals surface area contributed by atoms with E-state index in [1.54, 1.807) is 6.92 Å². The molecule has 27 heavy (non-hydrogen) atoms. The molecule has 0 spiro atoms. The summed E-state index contributed by atoms with van der Waals surface area (Å²) in [6.07, 6.45) is 0. The minimum atomic E-state index is -0.396. The maximum atomic E-state index is 12.1. The predicted molar refractivity (Wildman–Crippen MR) is 110 cm³/mol. The van der Waals surface area contributed by atoms with Crippen LogP contribution in [0.4, 0.5) is 5.00 Å². The lowest BCUT2D eigenvalue weighted by Gasteiger charge is -2.08. The number of hydrogen-bond donors (Lipinski definition) is 0. The summed E-state index contributed by atoms with van der Waals surface area (Å²) in [7, 11) is 0. The maximum absolute atomic E-state index is 12.1. The van der Waals surface area contributed by atoms with Crippen LogP contribution in [0.1, 0.15) is 53.3 Å². The van der Waals surface area contributed by atoms with Crippen molar-refractivity contribution in [3.05, 3.63) is 82.5 Å². The van der Waals surface area contributed by atoms with Gasteiger partial charge in [-0.2, -0.15) is 0 Å². The Balaban J connectivity index is 2.14. The summed E-state index contributed by atoms with van der Waals surface area (Å²) in [5, 5.41) is 1.09. The number of esters is 1. The first kappa shape index (κ1) is 19.0. The summed E-state index contributed by atoms with van der Waals surface area (Å²) < 4.78 is 5.11. The Hall–Kier alpha value is -2.79. The van der Waals surface area contributed by atoms with E-state index in [9.17, 15) is 4.79 Å². The number of nitrogens with zero attached hydrogens (tertiary/aromatic N) is 2. The highest BCUT2D eigenvalue weighted by Gasteiger charge is 2.20. The van der Waals surface area contributed by atoms with Crippen LogP contribution in [-0.2, 0) is 4.74 Å². The molecule has 0 aliphatic rings. The van der Waals surface area contributed by atoms with Crippen molar-refractivity contribution in [2.45, 2.75) is 26.7 Å². The number of aliphatic imine (C=N–C) groups is 1. The van der Waals surface area contributed by atoms with Crippen LogP contribution >= 0.6 is 11.3 Å². The highest BCUT2D eigenvalue weighted by Crippen LogP contribution is 2.34. The lowest BCUT2D eigenvalue weighted by molar-refractivity contribution is 0.0525. The number of benzene rings is 2. The molecule has 0 atom stereocenters. The van der Waals surface area contributed by atoms with Gasteiger partial charge < -0.3 is 4.74 Å². The van der Waals surface area contributed by atoms with Crippen molar-refractivity contribution in [1.29, 1.82) is 0 Å². The molecule has 0 saturated carbocycles. The van der Waals surface area contributed by atoms with E-state index in [-0.39, 0.29) is 5.92 Å². The van der Waals surface area contributed by atoms with E-state index in [1.165, 1.54) is 11.3 Å². The van der Waals surface area contributed by atoms with Crippen LogP contribution in [0.2, 0.25) is 0 Å². The van der Waals surface area contributed by atoms with Crippen molar-refractivity contribution < 1.29 is 9.53 Å². The molecule has 0 aliphatic heterocycles. The zero-order valence-electron chi connectivity index (χ0n) is 15.7. The molecule has 0 fully saturated rings. The zero-order valence-corrected chi connectivity index (χ0v) is 16.5. The second kappa shape index (κ2) is 8.73. The molecule has 0 unspecified atom stereocenters. The van der Waals surface area contributed by atoms with Gasteiger partial charge in [-0.3, -0.25) is 0 Å². The van der Waals surface area contributed by atoms with E-state index in [2.05, 4.69) is 4.98 Å². The Morgan fingerprint density at radius 3 is 2.07 bits per heavy atom. The van der Waals surface area contributed by atoms with Crippen molar-refractivity contribution in [2.75, 3.05) is 6.61 Å². The third-order valence-corrected chi connectivity index (χ3v) is 4.88. The fourth-order valence-electron chi connectivity index (χ4n) is 2.65. The van der Waals surface area contributed by atoms with Crippen molar-refractivity contribution in [1.82, 2.24) is 4.98 Å². The molecule has 1 heterocycles. The topological polar surface area (TPSA) is 51.5 Å². The molecule has 138 valence electrons. The number of rotatable bonds is 6. The molecule has 0 saturated heterocycles. The normalized spacial score (nSPS) is 10.7. The molecule has 0 N–H and O–H groups in total. The average molecular weight is 378 g/mol. The smallest absolute Gasteiger partial charge is 0.367 e. The molecule has 0 bridgehead atoms. The summed E-state index contributed by atoms with van der Waals surface area (Å²) in [5.74, 6) is -0.247. The molecule has 3 aromatic rings. The average Bonchev–Trinajstić information content (AvgIpc) is 3.12. The van der Waals surface area contributed by atoms with Gasteiger partial charge in [-0.15, -0.1) is 0 Å². The molecule has 4 nitrogen and oxygen atoms in total. The third-order valence-electron chi connectivity index (χ3n) is 3.94. The Labute approximate surface area is 163 Å². The summed E-state index contributed by atoms with van der Waals surface area (Å²) >= 11 is 1.28. The molecule has 5 heteroatoms. The molecule has 2 aromatic carbocycles. The van der Waals surface area contributed by atoms with Crippen LogP contribution in [0.5, 0.6) is 0 Å². The van der Waals surface area contributed by atoms with Crippen LogP contribution in [0.15, 0.2) is 65.7 Å². The van der Waals surface area contributed by atoms with E-state index < -0.39 is 5.97 Å². The third kappa shape index (κ3) is 4.49. The Morgan fingerprint density at radius 1 is 1.04 bits per heavy atom. The van der Waals surface area contributed by atoms with Gasteiger partial charge in [-0.1, -0.05) is 85.8 Å². The van der Waals surface area contributed by atoms with E-state index in [1.807, 2.05) is 74.5 Å². The standard InChI is InChI=1S/C22H22N2O2S/c1-4-26-22(25)21-23-18(15(2)3)20(27-21)24-19(16-11-7-5-8-12-16)17-13-9-6-10-14-17/h5-15H,4H2,1-3H3. The van der Waals surface area contributed by atoms with E-state index in [0.29, 0.717) is 11.6 Å². The van der Waals surface area contributed by atoms with Gasteiger partial charge in [-0.05, 0) is 12.8 Å². The van der Waals surface area contributed by atoms with E-state index in [4.69, 9.17) is 9.73 Å². The molecule has 1 aromatic heterocycles. The van der Waals surface area contributed by atoms with E-state index >= 15 is 0 Å². The van der Waals surface area contributed by atoms with Crippen LogP contribution in [0.3, 0.4) is 0 Å². The summed E-state index contributed by atoms with van der Waals surface area (Å²) in [5.41, 5.74) is 3.71. The fourth-order valence-corrected chi connectivity index (χ4v) is 3.64. The first-order valence-corrected chi connectivity index (χ1v) is 9.79. The first-order chi connectivity index (χ1) is 13.1. The van der Waals surface area contributed by atoms with Gasteiger partial charge >= 0.3 is 5.97 Å². The number of carbonyl (C=O) groups excluding carboxylic acids is 1. The van der Waals surface area contributed by atoms with Crippen LogP contribution < -0.4 is 0 Å². The molecular formula is C22H22N2O2S. The fraction of sp³-hybridized carbons (Fsp3) is 0.227. The SMILES string of the molecule is CCOC(=O)c1nc(C(C)C)c(N=C(c2ccccc2)c2ccccc2)s1. The highest BCUT2D eigenvalue weighted by atomic mass is 32.1. The van der Waals surface area contributed by atoms with Gasteiger partial charge in [0.25, 0.3) is 0 Å². The van der Waals surface area contributed by atoms with Gasteiger partial charge in [-0.25, -0.2) is 14.8 Å². The Morgan fingerprint density at radius 2 is 1.59 bits per heavy atom. The second-order valence-corrected chi connectivity index (χ2v) is 7.25. The zero-order chi connectivity index (χ0) is 19.2. The highest BCUT2D eigenvalue weighted by molar-refractivity contribution is 7.17. The maximum Gasteiger partial charge on any atom is 0.367 e. The Kier molecular flexibility index (Phi) is 6.14. The van der Waals surface area contributed by atoms with E-state index in [0.717, 1.165) is 27.5 Å². The molecule has 3 rings (SSSR count). The Bertz CT molecular complexity index is 890. The monoisotopic (exact) mass is 378 g/mol. The van der Waals surface area contributed by atoms with Crippen molar-refractivity contribution >= 4 is 28.0 Å². The molecule has 0 radical (unpaired) electrons. The lowest BCUT2D eigenvalue weighted by atomic mass is 10.0. The second-order valence-electron chi connectivity index (χ2n) is 6.28. The molecular weight excluding hydrogens is 356 g/mol. The molecule has 0 aliphatic carbocycles. The first-order valence-electron chi connectivity index (χ1n) is 8.97. The quantitative estimate of drug-likeness (QED) is 0.414. The van der Waals surface area contributed by atoms with Crippen molar-refractivity contribution in [3.63, 3.8) is 0 Å². The largest absolute Gasteiger partial charge is 0.461 e. The van der Waals surface area contributed by atoms with Gasteiger partial charge in [0, 0.05) is 11.1 Å². The lowest BCUT2D eigenvalue weighted by Crippen LogP contribution is -2.04. The summed E-state index contributed by atoms with van der Waals surface area (Å²) in [4.78, 5) is 21.6. The van der Waals surface area contributed by atoms with Crippen LogP contribution in [0.25, 0.3) is 0 Å². The van der Waals surface area contributed by atoms with Gasteiger partial charge in [0.05, 0.1) is 18.0 Å². The van der Waals surface area contributed by atoms with Crippen molar-refractivity contribution in [2.24, 2.45) is 4.99 Å². The van der Waals surface area contributed by atoms with Crippen LogP contribution in [-0.4, -0.2) is 23.3 Å². The minimum Gasteiger partial charge on any atom is -0.461 e. The minimum absolute atomic E-state index is 0.149. The van der Waals surface area contributed by atoms with Gasteiger partial charge in [0.1, 0.15) is 5.00 Å². The molecule has 0 amide bonds. The number of ether oxygens (including phenoxy) is 1. The number of aromatic nitrogens is 1. The number of thiazole rings is 1. The summed E-state index contributed by atoms with van der Waals surface area (Å²) in [6.45, 7) is 6.21.